The lowest BCUT2D eigenvalue weighted by Crippen LogP contribution is -2.40. The van der Waals surface area contributed by atoms with Crippen molar-refractivity contribution >= 4 is 28.4 Å². The number of pyridine rings is 1. The molecule has 2 heterocycles. The number of likely N-dealkylation sites (N-methyl/N-ethyl adjacent to an activating group) is 2. The van der Waals surface area contributed by atoms with Crippen molar-refractivity contribution < 1.29 is 4.79 Å². The van der Waals surface area contributed by atoms with Crippen LogP contribution < -0.4 is 16.0 Å². The second-order valence-corrected chi connectivity index (χ2v) is 9.21. The lowest BCUT2D eigenvalue weighted by molar-refractivity contribution is 0.0946. The van der Waals surface area contributed by atoms with Crippen molar-refractivity contribution in [1.82, 2.24) is 25.2 Å². The molecule has 0 aliphatic heterocycles. The molecule has 2 aromatic heterocycles. The molecule has 0 spiro atoms. The monoisotopic (exact) mass is 463 g/mol. The molecule has 1 amide bonds. The Hall–Kier alpha value is -3.26. The second kappa shape index (κ2) is 11.2. The standard InChI is InChI=1S/C26H37N7O/c1-7-21(17(2)3)32(5)13-14-33(6)25-20(15-19-10-8-9-18(4)22(19)31-25)16-30-26(34)23-24(27)29-12-11-28-23/h8-12,15,17,21H,7,13-14,16H2,1-6H3,(H2,27,29)(H,30,34). The predicted molar refractivity (Wildman–Crippen MR) is 139 cm³/mol. The zero-order valence-corrected chi connectivity index (χ0v) is 21.2. The van der Waals surface area contributed by atoms with Gasteiger partial charge in [-0.1, -0.05) is 39.0 Å². The van der Waals surface area contributed by atoms with Crippen LogP contribution in [0.1, 0.15) is 48.8 Å². The summed E-state index contributed by atoms with van der Waals surface area (Å²) in [6.07, 6.45) is 4.05. The molecule has 1 aromatic carbocycles. The summed E-state index contributed by atoms with van der Waals surface area (Å²) in [7, 11) is 4.25. The summed E-state index contributed by atoms with van der Waals surface area (Å²) in [5.41, 5.74) is 8.99. The van der Waals surface area contributed by atoms with E-state index >= 15 is 0 Å². The first-order chi connectivity index (χ1) is 16.2. The number of amides is 1. The fraction of sp³-hybridized carbons (Fsp3) is 0.462. The summed E-state index contributed by atoms with van der Waals surface area (Å²) in [4.78, 5) is 30.3. The summed E-state index contributed by atoms with van der Waals surface area (Å²) in [5.74, 6) is 1.22. The van der Waals surface area contributed by atoms with Crippen LogP contribution in [0.2, 0.25) is 0 Å². The van der Waals surface area contributed by atoms with Crippen LogP contribution in [0.5, 0.6) is 0 Å². The Morgan fingerprint density at radius 3 is 2.56 bits per heavy atom. The molecule has 1 unspecified atom stereocenters. The van der Waals surface area contributed by atoms with Gasteiger partial charge in [0.2, 0.25) is 0 Å². The van der Waals surface area contributed by atoms with Gasteiger partial charge in [0, 0.05) is 56.1 Å². The third kappa shape index (κ3) is 5.80. The van der Waals surface area contributed by atoms with Gasteiger partial charge in [0.25, 0.3) is 5.91 Å². The van der Waals surface area contributed by atoms with Gasteiger partial charge in [-0.15, -0.1) is 0 Å². The highest BCUT2D eigenvalue weighted by Gasteiger charge is 2.19. The second-order valence-electron chi connectivity index (χ2n) is 9.21. The van der Waals surface area contributed by atoms with Crippen molar-refractivity contribution in [3.63, 3.8) is 0 Å². The zero-order chi connectivity index (χ0) is 24.8. The van der Waals surface area contributed by atoms with Crippen LogP contribution >= 0.6 is 0 Å². The van der Waals surface area contributed by atoms with Gasteiger partial charge < -0.3 is 20.9 Å². The average molecular weight is 464 g/mol. The van der Waals surface area contributed by atoms with Gasteiger partial charge in [0.1, 0.15) is 5.82 Å². The van der Waals surface area contributed by atoms with E-state index in [-0.39, 0.29) is 17.4 Å². The molecule has 0 saturated carbocycles. The fourth-order valence-electron chi connectivity index (χ4n) is 4.50. The number of aryl methyl sites for hydroxylation is 1. The normalized spacial score (nSPS) is 12.4. The molecule has 34 heavy (non-hydrogen) atoms. The first-order valence-corrected chi connectivity index (χ1v) is 11.9. The molecular weight excluding hydrogens is 426 g/mol. The molecule has 0 aliphatic carbocycles. The number of nitrogens with zero attached hydrogens (tertiary/aromatic N) is 5. The minimum absolute atomic E-state index is 0.114. The molecule has 8 heteroatoms. The van der Waals surface area contributed by atoms with Crippen molar-refractivity contribution in [2.45, 2.75) is 46.7 Å². The van der Waals surface area contributed by atoms with E-state index in [1.807, 2.05) is 12.1 Å². The van der Waals surface area contributed by atoms with E-state index in [2.05, 4.69) is 79.0 Å². The highest BCUT2D eigenvalue weighted by atomic mass is 16.1. The van der Waals surface area contributed by atoms with Crippen LogP contribution in [0, 0.1) is 12.8 Å². The summed E-state index contributed by atoms with van der Waals surface area (Å²) in [6, 6.07) is 8.79. The maximum absolute atomic E-state index is 12.7. The number of benzene rings is 1. The molecule has 3 aromatic rings. The van der Waals surface area contributed by atoms with Gasteiger partial charge in [-0.3, -0.25) is 4.79 Å². The quantitative estimate of drug-likeness (QED) is 0.473. The summed E-state index contributed by atoms with van der Waals surface area (Å²) < 4.78 is 0. The van der Waals surface area contributed by atoms with E-state index < -0.39 is 0 Å². The number of hydrogen-bond acceptors (Lipinski definition) is 7. The number of hydrogen-bond donors (Lipinski definition) is 2. The third-order valence-electron chi connectivity index (χ3n) is 6.39. The number of nitrogens with two attached hydrogens (primary N) is 1. The smallest absolute Gasteiger partial charge is 0.273 e. The van der Waals surface area contributed by atoms with Crippen LogP contribution in [-0.4, -0.2) is 59.0 Å². The zero-order valence-electron chi connectivity index (χ0n) is 21.2. The summed E-state index contributed by atoms with van der Waals surface area (Å²) in [6.45, 7) is 10.9. The van der Waals surface area contributed by atoms with Gasteiger partial charge in [0.15, 0.2) is 11.5 Å². The topological polar surface area (TPSA) is 100 Å². The Morgan fingerprint density at radius 2 is 1.88 bits per heavy atom. The number of aromatic nitrogens is 3. The SMILES string of the molecule is CCC(C(C)C)N(C)CCN(C)c1nc2c(C)cccc2cc1CNC(=O)c1nccnc1N. The first-order valence-electron chi connectivity index (χ1n) is 11.9. The van der Waals surface area contributed by atoms with Crippen LogP contribution in [-0.2, 0) is 6.54 Å². The molecule has 0 bridgehead atoms. The van der Waals surface area contributed by atoms with Gasteiger partial charge in [-0.05, 0) is 37.9 Å². The molecule has 0 radical (unpaired) electrons. The fourth-order valence-corrected chi connectivity index (χ4v) is 4.50. The van der Waals surface area contributed by atoms with Crippen LogP contribution in [0.3, 0.4) is 0 Å². The molecule has 0 fully saturated rings. The minimum Gasteiger partial charge on any atom is -0.382 e. The molecule has 1 atom stereocenters. The highest BCUT2D eigenvalue weighted by Crippen LogP contribution is 2.25. The Bertz CT molecular complexity index is 1130. The van der Waals surface area contributed by atoms with E-state index in [9.17, 15) is 4.79 Å². The number of para-hydroxylation sites is 1. The predicted octanol–water partition coefficient (Wildman–Crippen LogP) is 3.65. The van der Waals surface area contributed by atoms with Gasteiger partial charge in [0.05, 0.1) is 5.52 Å². The van der Waals surface area contributed by atoms with Crippen LogP contribution in [0.15, 0.2) is 36.7 Å². The number of anilines is 2. The molecule has 182 valence electrons. The number of nitrogen functional groups attached to an aromatic ring is 1. The number of nitrogens with one attached hydrogen (secondary N) is 1. The molecule has 3 N–H and O–H groups in total. The number of carbonyl (C=O) groups is 1. The van der Waals surface area contributed by atoms with E-state index in [1.165, 1.54) is 12.4 Å². The summed E-state index contributed by atoms with van der Waals surface area (Å²) in [5, 5.41) is 3.98. The lowest BCUT2D eigenvalue weighted by Gasteiger charge is -2.32. The number of rotatable bonds is 10. The summed E-state index contributed by atoms with van der Waals surface area (Å²) >= 11 is 0. The Labute approximate surface area is 202 Å². The van der Waals surface area contributed by atoms with Gasteiger partial charge in [-0.2, -0.15) is 0 Å². The average Bonchev–Trinajstić information content (AvgIpc) is 2.81. The van der Waals surface area contributed by atoms with Crippen molar-refractivity contribution in [1.29, 1.82) is 0 Å². The van der Waals surface area contributed by atoms with Crippen molar-refractivity contribution in [3.8, 4) is 0 Å². The molecule has 8 nitrogen and oxygen atoms in total. The lowest BCUT2D eigenvalue weighted by atomic mass is 10.0. The Morgan fingerprint density at radius 1 is 1.15 bits per heavy atom. The van der Waals surface area contributed by atoms with E-state index in [1.54, 1.807) is 0 Å². The molecule has 0 aliphatic rings. The van der Waals surface area contributed by atoms with Crippen molar-refractivity contribution in [3.05, 3.63) is 53.5 Å². The number of fused-ring (bicyclic) bond motifs is 1. The van der Waals surface area contributed by atoms with Crippen molar-refractivity contribution in [2.75, 3.05) is 37.8 Å². The highest BCUT2D eigenvalue weighted by molar-refractivity contribution is 5.96. The van der Waals surface area contributed by atoms with E-state index in [0.717, 1.165) is 47.4 Å². The molecule has 0 saturated heterocycles. The third-order valence-corrected chi connectivity index (χ3v) is 6.39. The largest absolute Gasteiger partial charge is 0.382 e. The van der Waals surface area contributed by atoms with E-state index in [4.69, 9.17) is 10.7 Å². The van der Waals surface area contributed by atoms with Gasteiger partial charge >= 0.3 is 0 Å². The molecule has 3 rings (SSSR count). The van der Waals surface area contributed by atoms with Crippen LogP contribution in [0.25, 0.3) is 10.9 Å². The van der Waals surface area contributed by atoms with E-state index in [0.29, 0.717) is 18.5 Å². The van der Waals surface area contributed by atoms with Crippen molar-refractivity contribution in [2.24, 2.45) is 5.92 Å². The molecular formula is C26H37N7O. The van der Waals surface area contributed by atoms with Crippen LogP contribution in [0.4, 0.5) is 11.6 Å². The first kappa shape index (κ1) is 25.4. The maximum atomic E-state index is 12.7. The number of carbonyl (C=O) groups excluding carboxylic acids is 1. The maximum Gasteiger partial charge on any atom is 0.273 e. The Kier molecular flexibility index (Phi) is 8.39. The minimum atomic E-state index is -0.356. The van der Waals surface area contributed by atoms with Gasteiger partial charge in [-0.25, -0.2) is 15.0 Å². The Balaban J connectivity index is 1.85.